The largest absolute Gasteiger partial charge is 0.311 e. The fraction of sp³-hybridized carbons (Fsp3) is 0.100. The molecule has 0 atom stereocenters. The standard InChI is InChI=1S/C30H28NO2P/c1-3-28(32)29(30(33)31(2)24-16-8-4-9-17-24)34(25-18-10-5-11-19-25,26-20-12-6-13-21-26)27-22-14-7-15-23-27/h4-23H,3H2,1-2H3. The zero-order chi connectivity index (χ0) is 24.0. The van der Waals surface area contributed by atoms with Crippen LogP contribution in [0.25, 0.3) is 0 Å². The molecule has 0 fully saturated rings. The molecule has 4 aromatic rings. The minimum Gasteiger partial charge on any atom is -0.311 e. The van der Waals surface area contributed by atoms with Crippen LogP contribution in [0.2, 0.25) is 0 Å². The fourth-order valence-electron chi connectivity index (χ4n) is 4.33. The molecule has 0 spiro atoms. The van der Waals surface area contributed by atoms with Crippen LogP contribution in [0.4, 0.5) is 5.69 Å². The van der Waals surface area contributed by atoms with Crippen molar-refractivity contribution >= 4 is 45.5 Å². The first-order valence-electron chi connectivity index (χ1n) is 11.4. The van der Waals surface area contributed by atoms with Gasteiger partial charge in [0.1, 0.15) is 0 Å². The van der Waals surface area contributed by atoms with E-state index in [-0.39, 0.29) is 18.1 Å². The number of hydrogen-bond donors (Lipinski definition) is 0. The summed E-state index contributed by atoms with van der Waals surface area (Å²) in [7, 11) is 1.75. The molecule has 0 aliphatic rings. The summed E-state index contributed by atoms with van der Waals surface area (Å²) in [5, 5.41) is 3.31. The number of carbonyl (C=O) groups excluding carboxylic acids is 2. The highest BCUT2D eigenvalue weighted by atomic mass is 31.2. The van der Waals surface area contributed by atoms with E-state index in [0.717, 1.165) is 21.6 Å². The zero-order valence-electron chi connectivity index (χ0n) is 19.5. The number of para-hydroxylation sites is 1. The Hall–Kier alpha value is -3.68. The maximum atomic E-state index is 14.3. The molecule has 0 saturated heterocycles. The molecule has 0 N–H and O–H groups in total. The monoisotopic (exact) mass is 465 g/mol. The lowest BCUT2D eigenvalue weighted by molar-refractivity contribution is -0.116. The van der Waals surface area contributed by atoms with Crippen LogP contribution in [0.3, 0.4) is 0 Å². The van der Waals surface area contributed by atoms with E-state index in [2.05, 4.69) is 0 Å². The molecule has 0 bridgehead atoms. The van der Waals surface area contributed by atoms with E-state index < -0.39 is 6.89 Å². The summed E-state index contributed by atoms with van der Waals surface area (Å²) in [4.78, 5) is 29.7. The number of carbonyl (C=O) groups is 2. The Morgan fingerprint density at radius 3 is 1.32 bits per heavy atom. The van der Waals surface area contributed by atoms with Crippen LogP contribution in [0.1, 0.15) is 13.3 Å². The fourth-order valence-corrected chi connectivity index (χ4v) is 8.83. The summed E-state index contributed by atoms with van der Waals surface area (Å²) in [6.45, 7) is -0.963. The number of anilines is 1. The number of rotatable bonds is 7. The number of nitrogens with zero attached hydrogens (tertiary/aromatic N) is 1. The Bertz CT molecular complexity index is 1210. The molecule has 170 valence electrons. The first-order valence-corrected chi connectivity index (χ1v) is 13.2. The molecule has 34 heavy (non-hydrogen) atoms. The van der Waals surface area contributed by atoms with E-state index in [1.165, 1.54) is 0 Å². The third-order valence-electron chi connectivity index (χ3n) is 6.00. The SMILES string of the molecule is CCC(=O)C(C(=O)N(C)c1ccccc1)=P(c1ccccc1)(c1ccccc1)c1ccccc1. The van der Waals surface area contributed by atoms with E-state index in [1.807, 2.05) is 128 Å². The Balaban J connectivity index is 2.20. The van der Waals surface area contributed by atoms with Crippen LogP contribution in [0, 0.1) is 0 Å². The molecule has 3 nitrogen and oxygen atoms in total. The van der Waals surface area contributed by atoms with Crippen molar-refractivity contribution < 1.29 is 9.59 Å². The molecular weight excluding hydrogens is 437 g/mol. The highest BCUT2D eigenvalue weighted by molar-refractivity contribution is 7.97. The van der Waals surface area contributed by atoms with Gasteiger partial charge in [-0.25, -0.2) is 0 Å². The van der Waals surface area contributed by atoms with Crippen LogP contribution in [-0.2, 0) is 9.59 Å². The molecule has 4 heteroatoms. The van der Waals surface area contributed by atoms with E-state index in [4.69, 9.17) is 0 Å². The zero-order valence-corrected chi connectivity index (χ0v) is 20.4. The maximum absolute atomic E-state index is 14.3. The number of benzene rings is 4. The molecule has 1 amide bonds. The number of ketones is 1. The summed E-state index contributed by atoms with van der Waals surface area (Å²) in [6.07, 6.45) is 0.248. The van der Waals surface area contributed by atoms with Gasteiger partial charge >= 0.3 is 0 Å². The first-order chi connectivity index (χ1) is 16.6. The molecule has 0 aliphatic heterocycles. The third-order valence-corrected chi connectivity index (χ3v) is 10.3. The van der Waals surface area contributed by atoms with Crippen molar-refractivity contribution in [1.29, 1.82) is 0 Å². The highest BCUT2D eigenvalue weighted by Crippen LogP contribution is 2.47. The molecule has 0 radical (unpaired) electrons. The molecule has 0 heterocycles. The molecule has 0 aromatic heterocycles. The van der Waals surface area contributed by atoms with Crippen LogP contribution in [0.15, 0.2) is 121 Å². The van der Waals surface area contributed by atoms with Gasteiger partial charge in [-0.05, 0) is 34.9 Å². The van der Waals surface area contributed by atoms with Crippen LogP contribution < -0.4 is 20.8 Å². The number of hydrogen-bond acceptors (Lipinski definition) is 2. The van der Waals surface area contributed by atoms with Crippen LogP contribution in [-0.4, -0.2) is 24.0 Å². The minimum atomic E-state index is -2.79. The van der Waals surface area contributed by atoms with Crippen molar-refractivity contribution in [2.75, 3.05) is 11.9 Å². The number of Topliss-reactive ketones (excluding diaryl/α,β-unsaturated/α-hetero) is 1. The van der Waals surface area contributed by atoms with Gasteiger partial charge in [0.15, 0.2) is 5.78 Å². The lowest BCUT2D eigenvalue weighted by Gasteiger charge is -2.33. The van der Waals surface area contributed by atoms with Crippen molar-refractivity contribution in [3.63, 3.8) is 0 Å². The summed E-state index contributed by atoms with van der Waals surface area (Å²) >= 11 is 0. The lowest BCUT2D eigenvalue weighted by atomic mass is 10.2. The average molecular weight is 466 g/mol. The molecule has 0 aliphatic carbocycles. The van der Waals surface area contributed by atoms with Crippen molar-refractivity contribution in [3.05, 3.63) is 121 Å². The molecule has 0 saturated carbocycles. The van der Waals surface area contributed by atoms with Gasteiger partial charge in [0, 0.05) is 19.2 Å². The number of amides is 1. The Labute approximate surface area is 201 Å². The average Bonchev–Trinajstić information content (AvgIpc) is 2.92. The van der Waals surface area contributed by atoms with Gasteiger partial charge in [0.2, 0.25) is 0 Å². The predicted molar refractivity (Wildman–Crippen MR) is 145 cm³/mol. The molecule has 0 unspecified atom stereocenters. The quantitative estimate of drug-likeness (QED) is 0.291. The summed E-state index contributed by atoms with van der Waals surface area (Å²) in [6, 6.07) is 39.6. The first kappa shape index (κ1) is 23.5. The van der Waals surface area contributed by atoms with E-state index >= 15 is 0 Å². The van der Waals surface area contributed by atoms with Crippen LogP contribution in [0.5, 0.6) is 0 Å². The molecular formula is C30H28NO2P. The predicted octanol–water partition coefficient (Wildman–Crippen LogP) is 4.80. The minimum absolute atomic E-state index is 0.127. The third kappa shape index (κ3) is 4.27. The Morgan fingerprint density at radius 1 is 0.618 bits per heavy atom. The van der Waals surface area contributed by atoms with Crippen LogP contribution >= 0.6 is 6.89 Å². The van der Waals surface area contributed by atoms with Crippen molar-refractivity contribution in [2.45, 2.75) is 13.3 Å². The van der Waals surface area contributed by atoms with Gasteiger partial charge in [-0.3, -0.25) is 9.59 Å². The summed E-state index contributed by atoms with van der Waals surface area (Å²) < 4.78 is 0. The normalized spacial score (nSPS) is 11.0. The van der Waals surface area contributed by atoms with E-state index in [1.54, 1.807) is 11.9 Å². The van der Waals surface area contributed by atoms with Gasteiger partial charge in [0.05, 0.1) is 5.29 Å². The summed E-state index contributed by atoms with van der Waals surface area (Å²) in [5.74, 6) is -0.388. The van der Waals surface area contributed by atoms with E-state index in [9.17, 15) is 9.59 Å². The molecule has 4 rings (SSSR count). The smallest absolute Gasteiger partial charge is 0.262 e. The Kier molecular flexibility index (Phi) is 7.25. The van der Waals surface area contributed by atoms with Gasteiger partial charge in [-0.2, -0.15) is 0 Å². The second-order valence-electron chi connectivity index (χ2n) is 8.00. The lowest BCUT2D eigenvalue weighted by Crippen LogP contribution is -2.43. The van der Waals surface area contributed by atoms with Gasteiger partial charge in [0.25, 0.3) is 5.91 Å². The Morgan fingerprint density at radius 2 is 0.971 bits per heavy atom. The summed E-state index contributed by atoms with van der Waals surface area (Å²) in [5.41, 5.74) is 0.751. The second-order valence-corrected chi connectivity index (χ2v) is 11.3. The molecule has 4 aromatic carbocycles. The second kappa shape index (κ2) is 10.5. The van der Waals surface area contributed by atoms with Gasteiger partial charge in [-0.15, -0.1) is 0 Å². The topological polar surface area (TPSA) is 37.4 Å². The highest BCUT2D eigenvalue weighted by Gasteiger charge is 2.37. The van der Waals surface area contributed by atoms with Gasteiger partial charge < -0.3 is 4.90 Å². The van der Waals surface area contributed by atoms with E-state index in [0.29, 0.717) is 5.29 Å². The van der Waals surface area contributed by atoms with Crippen molar-refractivity contribution in [2.24, 2.45) is 0 Å². The van der Waals surface area contributed by atoms with Gasteiger partial charge in [-0.1, -0.05) is 116 Å². The maximum Gasteiger partial charge on any atom is 0.262 e. The van der Waals surface area contributed by atoms with Crippen molar-refractivity contribution in [3.8, 4) is 0 Å². The van der Waals surface area contributed by atoms with Crippen molar-refractivity contribution in [1.82, 2.24) is 0 Å².